The Hall–Kier alpha value is -1.04. The molecule has 0 aliphatic heterocycles. The first-order chi connectivity index (χ1) is 9.82. The van der Waals surface area contributed by atoms with Gasteiger partial charge in [0.05, 0.1) is 10.6 Å². The van der Waals surface area contributed by atoms with Gasteiger partial charge in [-0.2, -0.15) is 13.2 Å². The molecule has 0 saturated heterocycles. The molecule has 2 rings (SSSR count). The Morgan fingerprint density at radius 3 is 2.57 bits per heavy atom. The molecule has 1 aromatic carbocycles. The van der Waals surface area contributed by atoms with E-state index in [0.29, 0.717) is 5.56 Å². The van der Waals surface area contributed by atoms with E-state index in [1.54, 1.807) is 12.1 Å². The smallest absolute Gasteiger partial charge is 0.323 e. The van der Waals surface area contributed by atoms with E-state index in [2.05, 4.69) is 0 Å². The van der Waals surface area contributed by atoms with Crippen molar-refractivity contribution in [2.45, 2.75) is 32.0 Å². The molecule has 1 aromatic heterocycles. The highest BCUT2D eigenvalue weighted by Gasteiger charge is 2.33. The molecule has 1 nitrogen and oxygen atoms in total. The van der Waals surface area contributed by atoms with Crippen molar-refractivity contribution in [3.63, 3.8) is 0 Å². The van der Waals surface area contributed by atoms with Crippen LogP contribution in [0, 0.1) is 0 Å². The molecule has 6 heteroatoms. The van der Waals surface area contributed by atoms with Crippen LogP contribution in [-0.2, 0) is 6.18 Å². The van der Waals surface area contributed by atoms with Crippen LogP contribution < -0.4 is 5.73 Å². The number of nitrogens with two attached hydrogens (primary N) is 1. The topological polar surface area (TPSA) is 26.0 Å². The van der Waals surface area contributed by atoms with E-state index in [-0.39, 0.29) is 11.1 Å². The maximum Gasteiger partial charge on any atom is 0.417 e. The molecule has 2 N–H and O–H groups in total. The highest BCUT2D eigenvalue weighted by molar-refractivity contribution is 7.15. The lowest BCUT2D eigenvalue weighted by Gasteiger charge is -2.10. The van der Waals surface area contributed by atoms with Crippen molar-refractivity contribution in [1.29, 1.82) is 0 Å². The maximum absolute atomic E-state index is 12.9. The zero-order valence-corrected chi connectivity index (χ0v) is 12.9. The molecule has 1 unspecified atom stereocenters. The number of thiophene rings is 1. The lowest BCUT2D eigenvalue weighted by atomic mass is 10.1. The number of rotatable bonds is 4. The van der Waals surface area contributed by atoms with Gasteiger partial charge >= 0.3 is 6.18 Å². The molecular weight excluding hydrogens is 319 g/mol. The predicted molar refractivity (Wildman–Crippen MR) is 81.6 cm³/mol. The van der Waals surface area contributed by atoms with Crippen LogP contribution in [0.15, 0.2) is 30.3 Å². The minimum Gasteiger partial charge on any atom is -0.323 e. The molecule has 21 heavy (non-hydrogen) atoms. The summed E-state index contributed by atoms with van der Waals surface area (Å²) in [5.41, 5.74) is 5.73. The molecule has 1 heterocycles. The Morgan fingerprint density at radius 2 is 1.95 bits per heavy atom. The summed E-state index contributed by atoms with van der Waals surface area (Å²) in [5, 5.41) is -0.286. The molecule has 114 valence electrons. The zero-order chi connectivity index (χ0) is 15.6. The fourth-order valence-electron chi connectivity index (χ4n) is 2.06. The Kier molecular flexibility index (Phi) is 4.96. The van der Waals surface area contributed by atoms with Crippen molar-refractivity contribution < 1.29 is 13.2 Å². The Balaban J connectivity index is 2.35. The lowest BCUT2D eigenvalue weighted by molar-refractivity contribution is -0.137. The zero-order valence-electron chi connectivity index (χ0n) is 11.4. The molecule has 0 amide bonds. The van der Waals surface area contributed by atoms with Gasteiger partial charge in [0, 0.05) is 15.8 Å². The largest absolute Gasteiger partial charge is 0.417 e. The van der Waals surface area contributed by atoms with Crippen LogP contribution in [0.5, 0.6) is 0 Å². The van der Waals surface area contributed by atoms with Gasteiger partial charge in [0.1, 0.15) is 0 Å². The van der Waals surface area contributed by atoms with Crippen molar-refractivity contribution >= 4 is 22.9 Å². The van der Waals surface area contributed by atoms with Gasteiger partial charge in [-0.05, 0) is 36.2 Å². The van der Waals surface area contributed by atoms with Crippen LogP contribution >= 0.6 is 22.9 Å². The van der Waals surface area contributed by atoms with E-state index in [1.807, 2.05) is 13.0 Å². The van der Waals surface area contributed by atoms with Gasteiger partial charge in [-0.3, -0.25) is 0 Å². The molecule has 0 fully saturated rings. The summed E-state index contributed by atoms with van der Waals surface area (Å²) in [6.07, 6.45) is -2.63. The van der Waals surface area contributed by atoms with Crippen molar-refractivity contribution in [3.05, 3.63) is 45.8 Å². The van der Waals surface area contributed by atoms with Gasteiger partial charge < -0.3 is 5.73 Å². The normalized spacial score (nSPS) is 13.4. The van der Waals surface area contributed by atoms with E-state index in [4.69, 9.17) is 17.3 Å². The summed E-state index contributed by atoms with van der Waals surface area (Å²) < 4.78 is 38.6. The van der Waals surface area contributed by atoms with Crippen LogP contribution in [0.2, 0.25) is 5.02 Å². The SMILES string of the molecule is CCCC(N)c1ccc(-c2ccc(Cl)c(C(F)(F)F)c2)s1. The molecule has 0 aliphatic carbocycles. The maximum atomic E-state index is 12.9. The van der Waals surface area contributed by atoms with Crippen LogP contribution in [0.1, 0.15) is 36.2 Å². The summed E-state index contributed by atoms with van der Waals surface area (Å²) in [6.45, 7) is 2.04. The Morgan fingerprint density at radius 1 is 1.24 bits per heavy atom. The number of alkyl halides is 3. The molecular formula is C15H15ClF3NS. The van der Waals surface area contributed by atoms with Crippen LogP contribution in [0.3, 0.4) is 0 Å². The van der Waals surface area contributed by atoms with E-state index in [1.165, 1.54) is 17.4 Å². The van der Waals surface area contributed by atoms with Gasteiger partial charge in [0.25, 0.3) is 0 Å². The van der Waals surface area contributed by atoms with Gasteiger partial charge in [0.15, 0.2) is 0 Å². The fourth-order valence-corrected chi connectivity index (χ4v) is 3.32. The van der Waals surface area contributed by atoms with Crippen LogP contribution in [-0.4, -0.2) is 0 Å². The number of hydrogen-bond donors (Lipinski definition) is 1. The first kappa shape index (κ1) is 16.3. The monoisotopic (exact) mass is 333 g/mol. The molecule has 0 spiro atoms. The first-order valence-corrected chi connectivity index (χ1v) is 7.74. The average Bonchev–Trinajstić information content (AvgIpc) is 2.88. The van der Waals surface area contributed by atoms with Crippen molar-refractivity contribution in [2.24, 2.45) is 5.73 Å². The highest BCUT2D eigenvalue weighted by atomic mass is 35.5. The Bertz CT molecular complexity index is 622. The molecule has 0 bridgehead atoms. The van der Waals surface area contributed by atoms with Crippen LogP contribution in [0.25, 0.3) is 10.4 Å². The van der Waals surface area contributed by atoms with E-state index >= 15 is 0 Å². The third-order valence-electron chi connectivity index (χ3n) is 3.15. The second kappa shape index (κ2) is 6.38. The van der Waals surface area contributed by atoms with Gasteiger partial charge in [-0.1, -0.05) is 31.0 Å². The summed E-state index contributed by atoms with van der Waals surface area (Å²) in [7, 11) is 0. The third-order valence-corrected chi connectivity index (χ3v) is 4.74. The van der Waals surface area contributed by atoms with E-state index < -0.39 is 11.7 Å². The van der Waals surface area contributed by atoms with Crippen molar-refractivity contribution in [2.75, 3.05) is 0 Å². The van der Waals surface area contributed by atoms with Crippen molar-refractivity contribution in [1.82, 2.24) is 0 Å². The van der Waals surface area contributed by atoms with E-state index in [0.717, 1.165) is 28.7 Å². The van der Waals surface area contributed by atoms with Gasteiger partial charge in [-0.25, -0.2) is 0 Å². The molecule has 1 atom stereocenters. The highest BCUT2D eigenvalue weighted by Crippen LogP contribution is 2.39. The van der Waals surface area contributed by atoms with E-state index in [9.17, 15) is 13.2 Å². The molecule has 0 saturated carbocycles. The number of halogens is 4. The minimum absolute atomic E-state index is 0.0665. The second-order valence-electron chi connectivity index (χ2n) is 4.79. The first-order valence-electron chi connectivity index (χ1n) is 6.55. The van der Waals surface area contributed by atoms with Gasteiger partial charge in [0.2, 0.25) is 0 Å². The summed E-state index contributed by atoms with van der Waals surface area (Å²) in [4.78, 5) is 1.74. The summed E-state index contributed by atoms with van der Waals surface area (Å²) >= 11 is 7.05. The third kappa shape index (κ3) is 3.78. The average molecular weight is 334 g/mol. The summed E-state index contributed by atoms with van der Waals surface area (Å²) in [5.74, 6) is 0. The lowest BCUT2D eigenvalue weighted by Crippen LogP contribution is -2.07. The standard InChI is InChI=1S/C15H15ClF3NS/c1-2-3-12(20)14-7-6-13(21-14)9-4-5-11(16)10(8-9)15(17,18)19/h4-8,12H,2-3,20H2,1H3. The molecule has 0 aliphatic rings. The number of hydrogen-bond acceptors (Lipinski definition) is 2. The molecule has 2 aromatic rings. The predicted octanol–water partition coefficient (Wildman–Crippen LogP) is 5.89. The van der Waals surface area contributed by atoms with Crippen LogP contribution in [0.4, 0.5) is 13.2 Å². The summed E-state index contributed by atoms with van der Waals surface area (Å²) in [6, 6.07) is 7.58. The van der Waals surface area contributed by atoms with Crippen molar-refractivity contribution in [3.8, 4) is 10.4 Å². The molecule has 0 radical (unpaired) electrons. The minimum atomic E-state index is -4.45. The quantitative estimate of drug-likeness (QED) is 0.742. The second-order valence-corrected chi connectivity index (χ2v) is 6.31. The Labute approximate surface area is 130 Å². The van der Waals surface area contributed by atoms with Gasteiger partial charge in [-0.15, -0.1) is 11.3 Å². The number of benzene rings is 1. The fraction of sp³-hybridized carbons (Fsp3) is 0.333.